The van der Waals surface area contributed by atoms with Gasteiger partial charge in [0.15, 0.2) is 0 Å². The fourth-order valence-electron chi connectivity index (χ4n) is 2.57. The Morgan fingerprint density at radius 2 is 1.87 bits per heavy atom. The van der Waals surface area contributed by atoms with Crippen LogP contribution in [0.1, 0.15) is 21.5 Å². The van der Waals surface area contributed by atoms with Crippen molar-refractivity contribution in [2.45, 2.75) is 6.42 Å². The lowest BCUT2D eigenvalue weighted by atomic mass is 9.84. The first-order valence-electron chi connectivity index (χ1n) is 7.13. The maximum atomic E-state index is 12.2. The Balaban J connectivity index is 1.95. The number of esters is 1. The van der Waals surface area contributed by atoms with Crippen LogP contribution in [0.15, 0.2) is 54.1 Å². The van der Waals surface area contributed by atoms with Crippen molar-refractivity contribution in [2.75, 3.05) is 0 Å². The number of nitrogens with zero attached hydrogens (tertiary/aromatic N) is 2. The summed E-state index contributed by atoms with van der Waals surface area (Å²) < 4.78 is 5.50. The largest absolute Gasteiger partial charge is 0.423 e. The van der Waals surface area contributed by atoms with E-state index in [1.165, 1.54) is 0 Å². The first-order chi connectivity index (χ1) is 11.2. The minimum Gasteiger partial charge on any atom is -0.423 e. The van der Waals surface area contributed by atoms with Crippen molar-refractivity contribution in [1.29, 1.82) is 10.5 Å². The summed E-state index contributed by atoms with van der Waals surface area (Å²) in [6, 6.07) is 18.2. The first kappa shape index (κ1) is 14.6. The summed E-state index contributed by atoms with van der Waals surface area (Å²) in [6.45, 7) is 0. The Hall–Kier alpha value is -3.37. The standard InChI is InChI=1S/C19H12N2O2/c20-11-15-9-14-7-4-8-18(17(14)10-16(15)12-21)23-19(22)13-5-2-1-3-6-13/h1-9,16H,10H2. The van der Waals surface area contributed by atoms with Crippen LogP contribution in [-0.4, -0.2) is 5.97 Å². The van der Waals surface area contributed by atoms with Crippen LogP contribution in [0.3, 0.4) is 0 Å². The second-order valence-electron chi connectivity index (χ2n) is 5.18. The number of hydrogen-bond acceptors (Lipinski definition) is 4. The molecule has 1 unspecified atom stereocenters. The van der Waals surface area contributed by atoms with E-state index in [9.17, 15) is 10.1 Å². The van der Waals surface area contributed by atoms with E-state index in [2.05, 4.69) is 12.1 Å². The Morgan fingerprint density at radius 1 is 1.09 bits per heavy atom. The molecule has 0 heterocycles. The van der Waals surface area contributed by atoms with E-state index >= 15 is 0 Å². The van der Waals surface area contributed by atoms with E-state index in [4.69, 9.17) is 10.00 Å². The molecule has 2 aromatic rings. The zero-order valence-corrected chi connectivity index (χ0v) is 12.2. The van der Waals surface area contributed by atoms with Crippen molar-refractivity contribution < 1.29 is 9.53 Å². The molecule has 0 saturated carbocycles. The molecule has 2 aromatic carbocycles. The molecule has 1 atom stereocenters. The highest BCUT2D eigenvalue weighted by molar-refractivity contribution is 5.91. The molecule has 0 N–H and O–H groups in total. The highest BCUT2D eigenvalue weighted by Gasteiger charge is 2.24. The molecule has 0 aliphatic heterocycles. The predicted octanol–water partition coefficient (Wildman–Crippen LogP) is 3.51. The van der Waals surface area contributed by atoms with Crippen LogP contribution in [0.5, 0.6) is 5.75 Å². The molecule has 0 spiro atoms. The lowest BCUT2D eigenvalue weighted by Gasteiger charge is -2.19. The maximum Gasteiger partial charge on any atom is 0.343 e. The molecule has 4 heteroatoms. The van der Waals surface area contributed by atoms with Gasteiger partial charge < -0.3 is 4.74 Å². The Kier molecular flexibility index (Phi) is 3.91. The van der Waals surface area contributed by atoms with Crippen molar-refractivity contribution in [3.63, 3.8) is 0 Å². The van der Waals surface area contributed by atoms with Gasteiger partial charge in [0.05, 0.1) is 23.6 Å². The smallest absolute Gasteiger partial charge is 0.343 e. The molecule has 110 valence electrons. The van der Waals surface area contributed by atoms with E-state index in [-0.39, 0.29) is 0 Å². The van der Waals surface area contributed by atoms with Gasteiger partial charge in [-0.25, -0.2) is 4.79 Å². The summed E-state index contributed by atoms with van der Waals surface area (Å²) in [4.78, 5) is 12.2. The molecule has 0 radical (unpaired) electrons. The van der Waals surface area contributed by atoms with Gasteiger partial charge in [-0.3, -0.25) is 0 Å². The number of carbonyl (C=O) groups is 1. The Bertz CT molecular complexity index is 870. The second kappa shape index (κ2) is 6.17. The molecule has 0 bridgehead atoms. The maximum absolute atomic E-state index is 12.2. The lowest BCUT2D eigenvalue weighted by molar-refractivity contribution is 0.0733. The van der Waals surface area contributed by atoms with Crippen LogP contribution in [0, 0.1) is 28.6 Å². The fourth-order valence-corrected chi connectivity index (χ4v) is 2.57. The van der Waals surface area contributed by atoms with Gasteiger partial charge in [0.1, 0.15) is 5.75 Å². The molecule has 0 saturated heterocycles. The van der Waals surface area contributed by atoms with E-state index in [1.54, 1.807) is 42.5 Å². The third-order valence-electron chi connectivity index (χ3n) is 3.76. The van der Waals surface area contributed by atoms with Gasteiger partial charge in [-0.05, 0) is 36.3 Å². The summed E-state index contributed by atoms with van der Waals surface area (Å²) in [5, 5.41) is 18.3. The van der Waals surface area contributed by atoms with Gasteiger partial charge in [-0.1, -0.05) is 30.3 Å². The Labute approximate surface area is 133 Å². The summed E-state index contributed by atoms with van der Waals surface area (Å²) in [5.41, 5.74) is 2.49. The molecule has 0 aromatic heterocycles. The topological polar surface area (TPSA) is 73.9 Å². The number of fused-ring (bicyclic) bond motifs is 1. The first-order valence-corrected chi connectivity index (χ1v) is 7.13. The van der Waals surface area contributed by atoms with Gasteiger partial charge in [-0.15, -0.1) is 0 Å². The summed E-state index contributed by atoms with van der Waals surface area (Å²) in [6.07, 6.45) is 2.05. The van der Waals surface area contributed by atoms with Crippen LogP contribution in [0.2, 0.25) is 0 Å². The molecule has 0 fully saturated rings. The number of rotatable bonds is 2. The summed E-state index contributed by atoms with van der Waals surface area (Å²) >= 11 is 0. The van der Waals surface area contributed by atoms with Gasteiger partial charge >= 0.3 is 5.97 Å². The fraction of sp³-hybridized carbons (Fsp3) is 0.105. The van der Waals surface area contributed by atoms with Gasteiger partial charge in [0.2, 0.25) is 0 Å². The van der Waals surface area contributed by atoms with E-state index < -0.39 is 11.9 Å². The van der Waals surface area contributed by atoms with Crippen LogP contribution < -0.4 is 4.74 Å². The van der Waals surface area contributed by atoms with Gasteiger partial charge in [-0.2, -0.15) is 10.5 Å². The summed E-state index contributed by atoms with van der Waals surface area (Å²) in [5.74, 6) is -0.517. The molecule has 3 rings (SSSR count). The highest BCUT2D eigenvalue weighted by atomic mass is 16.5. The van der Waals surface area contributed by atoms with Crippen molar-refractivity contribution >= 4 is 12.0 Å². The monoisotopic (exact) mass is 300 g/mol. The number of benzene rings is 2. The highest BCUT2D eigenvalue weighted by Crippen LogP contribution is 2.34. The molecular formula is C19H12N2O2. The van der Waals surface area contributed by atoms with Crippen molar-refractivity contribution in [2.24, 2.45) is 5.92 Å². The third-order valence-corrected chi connectivity index (χ3v) is 3.76. The number of allylic oxidation sites excluding steroid dienone is 1. The average Bonchev–Trinajstić information content (AvgIpc) is 2.61. The zero-order valence-electron chi connectivity index (χ0n) is 12.2. The molecule has 4 nitrogen and oxygen atoms in total. The van der Waals surface area contributed by atoms with Crippen molar-refractivity contribution in [1.82, 2.24) is 0 Å². The second-order valence-corrected chi connectivity index (χ2v) is 5.18. The predicted molar refractivity (Wildman–Crippen MR) is 84.2 cm³/mol. The van der Waals surface area contributed by atoms with Crippen LogP contribution in [0.4, 0.5) is 0 Å². The Morgan fingerprint density at radius 3 is 2.57 bits per heavy atom. The summed E-state index contributed by atoms with van der Waals surface area (Å²) in [7, 11) is 0. The average molecular weight is 300 g/mol. The SMILES string of the molecule is N#CC1=Cc2cccc(OC(=O)c3ccccc3)c2CC1C#N. The molecule has 1 aliphatic carbocycles. The van der Waals surface area contributed by atoms with Crippen LogP contribution in [-0.2, 0) is 6.42 Å². The molecule has 23 heavy (non-hydrogen) atoms. The number of hydrogen-bond donors (Lipinski definition) is 0. The van der Waals surface area contributed by atoms with Gasteiger partial charge in [0.25, 0.3) is 0 Å². The van der Waals surface area contributed by atoms with Crippen LogP contribution in [0.25, 0.3) is 6.08 Å². The minimum absolute atomic E-state index is 0.365. The number of carbonyl (C=O) groups excluding carboxylic acids is 1. The van der Waals surface area contributed by atoms with Crippen molar-refractivity contribution in [3.8, 4) is 17.9 Å². The third kappa shape index (κ3) is 2.84. The molecule has 1 aliphatic rings. The number of ether oxygens (including phenoxy) is 1. The number of nitriles is 2. The normalized spacial score (nSPS) is 15.6. The minimum atomic E-state index is -0.510. The van der Waals surface area contributed by atoms with E-state index in [0.29, 0.717) is 23.3 Å². The van der Waals surface area contributed by atoms with Gasteiger partial charge in [0, 0.05) is 11.1 Å². The van der Waals surface area contributed by atoms with Crippen LogP contribution >= 0.6 is 0 Å². The van der Waals surface area contributed by atoms with E-state index in [0.717, 1.165) is 11.1 Å². The zero-order chi connectivity index (χ0) is 16.2. The molecule has 0 amide bonds. The van der Waals surface area contributed by atoms with Crippen molar-refractivity contribution in [3.05, 3.63) is 70.8 Å². The lowest BCUT2D eigenvalue weighted by Crippen LogP contribution is -2.15. The molecular weight excluding hydrogens is 288 g/mol. The quantitative estimate of drug-likeness (QED) is 0.628. The van der Waals surface area contributed by atoms with E-state index in [1.807, 2.05) is 12.1 Å².